The molecule has 2 amide bonds. The minimum absolute atomic E-state index is 0.128. The third-order valence-corrected chi connectivity index (χ3v) is 4.28. The second-order valence-corrected chi connectivity index (χ2v) is 5.87. The molecular formula is C17H24N2O6. The molecule has 8 nitrogen and oxygen atoms in total. The number of nitrogens with zero attached hydrogens (tertiary/aromatic N) is 1. The highest BCUT2D eigenvalue weighted by Crippen LogP contribution is 2.40. The van der Waals surface area contributed by atoms with Crippen LogP contribution >= 0.6 is 0 Å². The number of likely N-dealkylation sites (tertiary alicyclic amines) is 1. The van der Waals surface area contributed by atoms with Crippen molar-refractivity contribution in [3.8, 4) is 17.2 Å². The lowest BCUT2D eigenvalue weighted by atomic mass is 9.94. The van der Waals surface area contributed by atoms with E-state index in [-0.39, 0.29) is 18.4 Å². The van der Waals surface area contributed by atoms with Crippen LogP contribution in [0.2, 0.25) is 0 Å². The van der Waals surface area contributed by atoms with Crippen LogP contribution in [0, 0.1) is 5.92 Å². The standard InChI is InChI=1S/C17H24N2O6/c1-23-13-9-12(10-14(24-2)16(13)25-3)18-17(22)19-6-4-11(5-7-19)8-15(20)21/h9-11H,4-8H2,1-3H3,(H,18,22)(H,20,21). The highest BCUT2D eigenvalue weighted by atomic mass is 16.5. The Bertz CT molecular complexity index is 601. The van der Waals surface area contributed by atoms with Gasteiger partial charge in [0.05, 0.1) is 27.0 Å². The summed E-state index contributed by atoms with van der Waals surface area (Å²) in [5.74, 6) is 0.704. The molecule has 2 rings (SSSR count). The lowest BCUT2D eigenvalue weighted by Crippen LogP contribution is -2.41. The SMILES string of the molecule is COc1cc(NC(=O)N2CCC(CC(=O)O)CC2)cc(OC)c1OC. The summed E-state index contributed by atoms with van der Waals surface area (Å²) in [6, 6.07) is 3.09. The van der Waals surface area contributed by atoms with Crippen molar-refractivity contribution in [1.82, 2.24) is 4.90 Å². The van der Waals surface area contributed by atoms with Gasteiger partial charge in [-0.05, 0) is 18.8 Å². The average Bonchev–Trinajstić information content (AvgIpc) is 2.60. The van der Waals surface area contributed by atoms with Crippen LogP contribution in [0.1, 0.15) is 19.3 Å². The second-order valence-electron chi connectivity index (χ2n) is 5.87. The largest absolute Gasteiger partial charge is 0.493 e. The number of methoxy groups -OCH3 is 3. The van der Waals surface area contributed by atoms with Crippen LogP contribution in [0.15, 0.2) is 12.1 Å². The third-order valence-electron chi connectivity index (χ3n) is 4.28. The number of anilines is 1. The van der Waals surface area contributed by atoms with Gasteiger partial charge in [-0.2, -0.15) is 0 Å². The van der Waals surface area contributed by atoms with E-state index in [0.29, 0.717) is 48.9 Å². The Kier molecular flexibility index (Phi) is 6.32. The van der Waals surface area contributed by atoms with Crippen LogP contribution in [0.25, 0.3) is 0 Å². The van der Waals surface area contributed by atoms with Gasteiger partial charge in [0.1, 0.15) is 0 Å². The Morgan fingerprint density at radius 2 is 1.68 bits per heavy atom. The van der Waals surface area contributed by atoms with Gasteiger partial charge in [0.2, 0.25) is 5.75 Å². The fraction of sp³-hybridized carbons (Fsp3) is 0.529. The topological polar surface area (TPSA) is 97.3 Å². The first kappa shape index (κ1) is 18.7. The third kappa shape index (κ3) is 4.68. The van der Waals surface area contributed by atoms with Crippen LogP contribution < -0.4 is 19.5 Å². The Balaban J connectivity index is 2.02. The quantitative estimate of drug-likeness (QED) is 0.816. The molecule has 0 saturated carbocycles. The lowest BCUT2D eigenvalue weighted by molar-refractivity contribution is -0.138. The van der Waals surface area contributed by atoms with Crippen molar-refractivity contribution in [2.45, 2.75) is 19.3 Å². The molecule has 25 heavy (non-hydrogen) atoms. The van der Waals surface area contributed by atoms with Crippen molar-refractivity contribution in [1.29, 1.82) is 0 Å². The summed E-state index contributed by atoms with van der Waals surface area (Å²) < 4.78 is 15.8. The molecule has 1 aliphatic rings. The van der Waals surface area contributed by atoms with Crippen molar-refractivity contribution < 1.29 is 28.9 Å². The van der Waals surface area contributed by atoms with Crippen LogP contribution in [0.5, 0.6) is 17.2 Å². The number of ether oxygens (including phenoxy) is 3. The summed E-state index contributed by atoms with van der Waals surface area (Å²) in [6.07, 6.45) is 1.53. The Labute approximate surface area is 146 Å². The van der Waals surface area contributed by atoms with E-state index < -0.39 is 5.97 Å². The number of benzene rings is 1. The van der Waals surface area contributed by atoms with Gasteiger partial charge in [0, 0.05) is 31.6 Å². The van der Waals surface area contributed by atoms with E-state index in [1.807, 2.05) is 0 Å². The number of rotatable bonds is 6. The Hall–Kier alpha value is -2.64. The molecule has 138 valence electrons. The second kappa shape index (κ2) is 8.46. The van der Waals surface area contributed by atoms with Gasteiger partial charge in [-0.15, -0.1) is 0 Å². The van der Waals surface area contributed by atoms with Crippen molar-refractivity contribution >= 4 is 17.7 Å². The zero-order valence-corrected chi connectivity index (χ0v) is 14.7. The monoisotopic (exact) mass is 352 g/mol. The number of piperidine rings is 1. The van der Waals surface area contributed by atoms with E-state index in [4.69, 9.17) is 19.3 Å². The van der Waals surface area contributed by atoms with E-state index in [1.54, 1.807) is 17.0 Å². The normalized spacial score (nSPS) is 14.8. The fourth-order valence-electron chi connectivity index (χ4n) is 2.94. The Morgan fingerprint density at radius 3 is 2.12 bits per heavy atom. The van der Waals surface area contributed by atoms with Crippen molar-refractivity contribution in [2.75, 3.05) is 39.7 Å². The van der Waals surface area contributed by atoms with Gasteiger partial charge in [-0.25, -0.2) is 4.79 Å². The van der Waals surface area contributed by atoms with Crippen LogP contribution in [0.3, 0.4) is 0 Å². The molecule has 1 aromatic rings. The number of aliphatic carboxylic acids is 1. The van der Waals surface area contributed by atoms with Crippen LogP contribution in [0.4, 0.5) is 10.5 Å². The number of carboxylic acid groups (broad SMARTS) is 1. The molecule has 0 aliphatic carbocycles. The molecule has 1 aliphatic heterocycles. The molecule has 2 N–H and O–H groups in total. The lowest BCUT2D eigenvalue weighted by Gasteiger charge is -2.31. The summed E-state index contributed by atoms with van der Waals surface area (Å²) in [5, 5.41) is 11.7. The molecule has 0 radical (unpaired) electrons. The highest BCUT2D eigenvalue weighted by Gasteiger charge is 2.25. The number of carbonyl (C=O) groups excluding carboxylic acids is 1. The summed E-state index contributed by atoms with van der Waals surface area (Å²) in [5.41, 5.74) is 0.534. The van der Waals surface area contributed by atoms with Gasteiger partial charge >= 0.3 is 12.0 Å². The minimum Gasteiger partial charge on any atom is -0.493 e. The first-order valence-electron chi connectivity index (χ1n) is 8.06. The first-order valence-corrected chi connectivity index (χ1v) is 8.06. The zero-order valence-electron chi connectivity index (χ0n) is 14.7. The molecule has 1 aromatic carbocycles. The number of amides is 2. The van der Waals surface area contributed by atoms with E-state index >= 15 is 0 Å². The molecule has 0 bridgehead atoms. The van der Waals surface area contributed by atoms with E-state index in [2.05, 4.69) is 5.32 Å². The molecule has 0 atom stereocenters. The molecule has 0 spiro atoms. The smallest absolute Gasteiger partial charge is 0.321 e. The van der Waals surface area contributed by atoms with Crippen molar-refractivity contribution in [3.63, 3.8) is 0 Å². The molecule has 1 fully saturated rings. The van der Waals surface area contributed by atoms with E-state index in [1.165, 1.54) is 21.3 Å². The van der Waals surface area contributed by atoms with Gasteiger partial charge in [0.15, 0.2) is 11.5 Å². The molecule has 0 unspecified atom stereocenters. The molecule has 1 heterocycles. The number of hydrogen-bond acceptors (Lipinski definition) is 5. The van der Waals surface area contributed by atoms with Gasteiger partial charge in [0.25, 0.3) is 0 Å². The number of hydrogen-bond donors (Lipinski definition) is 2. The maximum Gasteiger partial charge on any atom is 0.321 e. The predicted molar refractivity (Wildman–Crippen MR) is 91.7 cm³/mol. The average molecular weight is 352 g/mol. The summed E-state index contributed by atoms with van der Waals surface area (Å²) in [6.45, 7) is 1.07. The van der Waals surface area contributed by atoms with Crippen LogP contribution in [-0.2, 0) is 4.79 Å². The maximum atomic E-state index is 12.4. The molecule has 0 aromatic heterocycles. The molecular weight excluding hydrogens is 328 g/mol. The number of nitrogens with one attached hydrogen (secondary N) is 1. The summed E-state index contributed by atoms with van der Waals surface area (Å²) in [4.78, 5) is 24.9. The Morgan fingerprint density at radius 1 is 1.12 bits per heavy atom. The van der Waals surface area contributed by atoms with Gasteiger partial charge in [-0.1, -0.05) is 0 Å². The van der Waals surface area contributed by atoms with Crippen molar-refractivity contribution in [3.05, 3.63) is 12.1 Å². The zero-order chi connectivity index (χ0) is 18.4. The maximum absolute atomic E-state index is 12.4. The minimum atomic E-state index is -0.791. The number of urea groups is 1. The van der Waals surface area contributed by atoms with E-state index in [0.717, 1.165) is 0 Å². The van der Waals surface area contributed by atoms with Gasteiger partial charge < -0.3 is 29.5 Å². The van der Waals surface area contributed by atoms with E-state index in [9.17, 15) is 9.59 Å². The van der Waals surface area contributed by atoms with Crippen LogP contribution in [-0.4, -0.2) is 56.4 Å². The fourth-order valence-corrected chi connectivity index (χ4v) is 2.94. The predicted octanol–water partition coefficient (Wildman–Crippen LogP) is 2.43. The van der Waals surface area contributed by atoms with Gasteiger partial charge in [-0.3, -0.25) is 4.79 Å². The molecule has 1 saturated heterocycles. The highest BCUT2D eigenvalue weighted by molar-refractivity contribution is 5.90. The summed E-state index contributed by atoms with van der Waals surface area (Å²) >= 11 is 0. The number of carboxylic acids is 1. The number of carbonyl (C=O) groups is 2. The summed E-state index contributed by atoms with van der Waals surface area (Å²) in [7, 11) is 4.53. The first-order chi connectivity index (χ1) is 12.0. The molecule has 8 heteroatoms. The van der Waals surface area contributed by atoms with Crippen molar-refractivity contribution in [2.24, 2.45) is 5.92 Å².